The van der Waals surface area contributed by atoms with Crippen LogP contribution in [0.4, 0.5) is 0 Å². The molecule has 0 radical (unpaired) electrons. The summed E-state index contributed by atoms with van der Waals surface area (Å²) in [5, 5.41) is 3.28. The Balaban J connectivity index is 2.31. The molecule has 1 heterocycles. The van der Waals surface area contributed by atoms with Gasteiger partial charge in [-0.05, 0) is 32.7 Å². The molecule has 0 aliphatic heterocycles. The highest BCUT2D eigenvalue weighted by molar-refractivity contribution is 7.80. The zero-order chi connectivity index (χ0) is 9.68. The Kier molecular flexibility index (Phi) is 4.77. The molecule has 13 heavy (non-hydrogen) atoms. The highest BCUT2D eigenvalue weighted by Gasteiger charge is 2.02. The summed E-state index contributed by atoms with van der Waals surface area (Å²) in [4.78, 5) is 6.70. The average molecular weight is 216 g/mol. The fraction of sp³-hybridized carbons (Fsp3) is 0.667. The van der Waals surface area contributed by atoms with Crippen molar-refractivity contribution in [2.75, 3.05) is 19.3 Å². The summed E-state index contributed by atoms with van der Waals surface area (Å²) in [5.74, 6) is 0.959. The normalized spacial score (nSPS) is 11.1. The molecule has 2 nitrogen and oxygen atoms in total. The second kappa shape index (κ2) is 5.62. The van der Waals surface area contributed by atoms with Gasteiger partial charge in [0.25, 0.3) is 0 Å². The van der Waals surface area contributed by atoms with E-state index in [0.29, 0.717) is 0 Å². The third kappa shape index (κ3) is 4.11. The number of aryl methyl sites for hydroxylation is 1. The van der Waals surface area contributed by atoms with Crippen molar-refractivity contribution in [2.45, 2.75) is 19.9 Å². The topological polar surface area (TPSA) is 16.1 Å². The number of nitrogens with zero attached hydrogens (tertiary/aromatic N) is 2. The summed E-state index contributed by atoms with van der Waals surface area (Å²) in [6, 6.07) is 0. The molecule has 0 N–H and O–H groups in total. The van der Waals surface area contributed by atoms with E-state index >= 15 is 0 Å². The van der Waals surface area contributed by atoms with Crippen LogP contribution in [-0.4, -0.2) is 29.2 Å². The van der Waals surface area contributed by atoms with Gasteiger partial charge in [-0.2, -0.15) is 12.6 Å². The average Bonchev–Trinajstić information content (AvgIpc) is 2.48. The maximum atomic E-state index is 4.42. The Morgan fingerprint density at radius 3 is 2.92 bits per heavy atom. The lowest BCUT2D eigenvalue weighted by molar-refractivity contribution is 0.325. The van der Waals surface area contributed by atoms with Gasteiger partial charge in [-0.3, -0.25) is 0 Å². The molecule has 1 aromatic heterocycles. The maximum absolute atomic E-state index is 4.42. The molecular formula is C9H16N2S2. The summed E-state index contributed by atoms with van der Waals surface area (Å²) in [6.45, 7) is 4.10. The van der Waals surface area contributed by atoms with E-state index in [1.807, 2.05) is 6.92 Å². The largest absolute Gasteiger partial charge is 0.300 e. The van der Waals surface area contributed by atoms with Gasteiger partial charge in [-0.1, -0.05) is 0 Å². The highest BCUT2D eigenvalue weighted by atomic mass is 32.1. The van der Waals surface area contributed by atoms with Gasteiger partial charge in [0, 0.05) is 11.9 Å². The molecular weight excluding hydrogens is 200 g/mol. The molecule has 0 spiro atoms. The molecule has 0 amide bonds. The third-order valence-corrected chi connectivity index (χ3v) is 2.93. The monoisotopic (exact) mass is 216 g/mol. The van der Waals surface area contributed by atoms with E-state index in [4.69, 9.17) is 0 Å². The molecule has 0 unspecified atom stereocenters. The first-order chi connectivity index (χ1) is 6.22. The Morgan fingerprint density at radius 2 is 2.38 bits per heavy atom. The van der Waals surface area contributed by atoms with Crippen LogP contribution >= 0.6 is 24.0 Å². The standard InChI is InChI=1S/C9H16N2S2/c1-8-10-9(7-13-8)6-11(2)4-3-5-12/h7,12H,3-6H2,1-2H3. The van der Waals surface area contributed by atoms with E-state index in [-0.39, 0.29) is 0 Å². The zero-order valence-corrected chi connectivity index (χ0v) is 9.87. The van der Waals surface area contributed by atoms with Crippen LogP contribution in [0, 0.1) is 6.92 Å². The van der Waals surface area contributed by atoms with Crippen molar-refractivity contribution in [3.05, 3.63) is 16.1 Å². The summed E-state index contributed by atoms with van der Waals surface area (Å²) >= 11 is 5.90. The Bertz CT molecular complexity index is 248. The molecule has 0 atom stereocenters. The number of hydrogen-bond acceptors (Lipinski definition) is 4. The Labute approximate surface area is 89.4 Å². The van der Waals surface area contributed by atoms with Gasteiger partial charge in [0.2, 0.25) is 0 Å². The third-order valence-electron chi connectivity index (χ3n) is 1.80. The predicted molar refractivity (Wildman–Crippen MR) is 61.7 cm³/mol. The number of hydrogen-bond donors (Lipinski definition) is 1. The molecule has 0 saturated heterocycles. The number of thiazole rings is 1. The van der Waals surface area contributed by atoms with Crippen LogP contribution in [0.15, 0.2) is 5.38 Å². The Hall–Kier alpha value is -0.0600. The van der Waals surface area contributed by atoms with Crippen LogP contribution in [0.3, 0.4) is 0 Å². The summed E-state index contributed by atoms with van der Waals surface area (Å²) in [5.41, 5.74) is 1.18. The van der Waals surface area contributed by atoms with Crippen molar-refractivity contribution in [3.8, 4) is 0 Å². The van der Waals surface area contributed by atoms with Crippen LogP contribution in [-0.2, 0) is 6.54 Å². The lowest BCUT2D eigenvalue weighted by Gasteiger charge is -2.13. The van der Waals surface area contributed by atoms with E-state index in [1.54, 1.807) is 11.3 Å². The highest BCUT2D eigenvalue weighted by Crippen LogP contribution is 2.09. The van der Waals surface area contributed by atoms with Crippen molar-refractivity contribution in [1.29, 1.82) is 0 Å². The van der Waals surface area contributed by atoms with E-state index in [9.17, 15) is 0 Å². The SMILES string of the molecule is Cc1nc(CN(C)CCCS)cs1. The molecule has 0 fully saturated rings. The summed E-state index contributed by atoms with van der Waals surface area (Å²) < 4.78 is 0. The van der Waals surface area contributed by atoms with E-state index in [0.717, 1.165) is 30.3 Å². The first-order valence-corrected chi connectivity index (χ1v) is 5.94. The number of rotatable bonds is 5. The molecule has 1 rings (SSSR count). The van der Waals surface area contributed by atoms with Gasteiger partial charge in [-0.15, -0.1) is 11.3 Å². The Morgan fingerprint density at radius 1 is 1.62 bits per heavy atom. The molecule has 1 aromatic rings. The van der Waals surface area contributed by atoms with Crippen LogP contribution in [0.1, 0.15) is 17.1 Å². The molecule has 4 heteroatoms. The van der Waals surface area contributed by atoms with Gasteiger partial charge in [0.05, 0.1) is 10.7 Å². The van der Waals surface area contributed by atoms with Crippen molar-refractivity contribution in [1.82, 2.24) is 9.88 Å². The maximum Gasteiger partial charge on any atom is 0.0897 e. The lowest BCUT2D eigenvalue weighted by atomic mass is 10.4. The molecule has 0 aromatic carbocycles. The fourth-order valence-corrected chi connectivity index (χ4v) is 1.92. The van der Waals surface area contributed by atoms with E-state index in [2.05, 4.69) is 34.9 Å². The molecule has 0 bridgehead atoms. The van der Waals surface area contributed by atoms with Crippen molar-refractivity contribution >= 4 is 24.0 Å². The van der Waals surface area contributed by atoms with Gasteiger partial charge in [-0.25, -0.2) is 4.98 Å². The predicted octanol–water partition coefficient (Wildman–Crippen LogP) is 2.20. The minimum atomic E-state index is 0.956. The second-order valence-corrected chi connectivity index (χ2v) is 4.68. The minimum absolute atomic E-state index is 0.956. The van der Waals surface area contributed by atoms with Gasteiger partial charge < -0.3 is 4.90 Å². The first kappa shape index (κ1) is 11.0. The van der Waals surface area contributed by atoms with Crippen LogP contribution in [0.2, 0.25) is 0 Å². The van der Waals surface area contributed by atoms with Gasteiger partial charge in [0.1, 0.15) is 0 Å². The second-order valence-electron chi connectivity index (χ2n) is 3.17. The van der Waals surface area contributed by atoms with Gasteiger partial charge >= 0.3 is 0 Å². The summed E-state index contributed by atoms with van der Waals surface area (Å²) in [7, 11) is 2.12. The molecule has 74 valence electrons. The van der Waals surface area contributed by atoms with Crippen LogP contribution in [0.25, 0.3) is 0 Å². The lowest BCUT2D eigenvalue weighted by Crippen LogP contribution is -2.19. The fourth-order valence-electron chi connectivity index (χ4n) is 1.18. The van der Waals surface area contributed by atoms with E-state index in [1.165, 1.54) is 5.69 Å². The number of aromatic nitrogens is 1. The van der Waals surface area contributed by atoms with Crippen LogP contribution in [0.5, 0.6) is 0 Å². The zero-order valence-electron chi connectivity index (χ0n) is 8.16. The van der Waals surface area contributed by atoms with Crippen molar-refractivity contribution < 1.29 is 0 Å². The quantitative estimate of drug-likeness (QED) is 0.760. The van der Waals surface area contributed by atoms with Crippen molar-refractivity contribution in [2.24, 2.45) is 0 Å². The molecule has 0 saturated carbocycles. The van der Waals surface area contributed by atoms with Gasteiger partial charge in [0.15, 0.2) is 0 Å². The molecule has 0 aliphatic rings. The van der Waals surface area contributed by atoms with Crippen LogP contribution < -0.4 is 0 Å². The van der Waals surface area contributed by atoms with E-state index < -0.39 is 0 Å². The summed E-state index contributed by atoms with van der Waals surface area (Å²) in [6.07, 6.45) is 1.14. The molecule has 0 aliphatic carbocycles. The minimum Gasteiger partial charge on any atom is -0.300 e. The first-order valence-electron chi connectivity index (χ1n) is 4.43. The smallest absolute Gasteiger partial charge is 0.0897 e. The van der Waals surface area contributed by atoms with Crippen molar-refractivity contribution in [3.63, 3.8) is 0 Å². The number of thiol groups is 1.